The highest BCUT2D eigenvalue weighted by atomic mass is 16.5. The lowest BCUT2D eigenvalue weighted by Gasteiger charge is -2.11. The monoisotopic (exact) mass is 344 g/mol. The Hall–Kier alpha value is -3.33. The summed E-state index contributed by atoms with van der Waals surface area (Å²) in [7, 11) is 0. The van der Waals surface area contributed by atoms with E-state index in [1.165, 1.54) is 12.1 Å². The van der Waals surface area contributed by atoms with Crippen molar-refractivity contribution in [2.45, 2.75) is 13.5 Å². The van der Waals surface area contributed by atoms with Crippen molar-refractivity contribution < 1.29 is 14.6 Å². The van der Waals surface area contributed by atoms with E-state index in [0.717, 1.165) is 16.7 Å². The van der Waals surface area contributed by atoms with Crippen molar-refractivity contribution in [1.82, 2.24) is 0 Å². The van der Waals surface area contributed by atoms with Gasteiger partial charge in [0, 0.05) is 0 Å². The van der Waals surface area contributed by atoms with E-state index in [9.17, 15) is 9.90 Å². The summed E-state index contributed by atoms with van der Waals surface area (Å²) in [6, 6.07) is 22.4. The van der Waals surface area contributed by atoms with E-state index in [-0.39, 0.29) is 17.1 Å². The van der Waals surface area contributed by atoms with E-state index in [4.69, 9.17) is 4.74 Å². The van der Waals surface area contributed by atoms with Crippen LogP contribution < -0.4 is 4.74 Å². The fourth-order valence-corrected chi connectivity index (χ4v) is 2.56. The highest BCUT2D eigenvalue weighted by Crippen LogP contribution is 2.29. The summed E-state index contributed by atoms with van der Waals surface area (Å²) in [5.41, 5.74) is 3.24. The van der Waals surface area contributed by atoms with Crippen LogP contribution in [0.1, 0.15) is 27.0 Å². The Bertz CT molecular complexity index is 910. The molecule has 0 aliphatic heterocycles. The normalized spacial score (nSPS) is 10.8. The third-order valence-electron chi connectivity index (χ3n) is 3.99. The molecule has 0 spiro atoms. The molecule has 0 aliphatic rings. The summed E-state index contributed by atoms with van der Waals surface area (Å²) in [5.74, 6) is -0.0201. The van der Waals surface area contributed by atoms with Crippen molar-refractivity contribution in [3.8, 4) is 11.5 Å². The number of hydrogen-bond acceptors (Lipinski definition) is 3. The number of carbonyl (C=O) groups is 1. The molecule has 0 aromatic heterocycles. The summed E-state index contributed by atoms with van der Waals surface area (Å²) in [6.07, 6.45) is 3.18. The van der Waals surface area contributed by atoms with Crippen molar-refractivity contribution in [2.75, 3.05) is 0 Å². The summed E-state index contributed by atoms with van der Waals surface area (Å²) in [5, 5.41) is 10.2. The van der Waals surface area contributed by atoms with Crippen LogP contribution in [-0.4, -0.2) is 10.9 Å². The molecule has 0 saturated carbocycles. The first-order chi connectivity index (χ1) is 12.6. The molecule has 3 rings (SSSR count). The molecule has 0 radical (unpaired) electrons. The summed E-state index contributed by atoms with van der Waals surface area (Å²) < 4.78 is 5.78. The van der Waals surface area contributed by atoms with Crippen molar-refractivity contribution in [3.05, 3.63) is 101 Å². The van der Waals surface area contributed by atoms with Crippen LogP contribution in [0.2, 0.25) is 0 Å². The molecule has 3 heteroatoms. The number of ether oxygens (including phenoxy) is 1. The van der Waals surface area contributed by atoms with Crippen LogP contribution in [0, 0.1) is 6.92 Å². The summed E-state index contributed by atoms with van der Waals surface area (Å²) in [4.78, 5) is 12.6. The van der Waals surface area contributed by atoms with Gasteiger partial charge in [0.15, 0.2) is 5.78 Å². The topological polar surface area (TPSA) is 46.5 Å². The van der Waals surface area contributed by atoms with E-state index in [1.54, 1.807) is 18.2 Å². The van der Waals surface area contributed by atoms with Crippen molar-refractivity contribution >= 4 is 11.9 Å². The highest BCUT2D eigenvalue weighted by molar-refractivity contribution is 6.10. The minimum atomic E-state index is -0.299. The van der Waals surface area contributed by atoms with Gasteiger partial charge in [-0.05, 0) is 36.3 Å². The molecular formula is C23H20O3. The summed E-state index contributed by atoms with van der Waals surface area (Å²) in [6.45, 7) is 2.34. The number of ketones is 1. The molecule has 0 aliphatic carbocycles. The van der Waals surface area contributed by atoms with Gasteiger partial charge in [-0.3, -0.25) is 4.79 Å². The minimum Gasteiger partial charge on any atom is -0.507 e. The maximum Gasteiger partial charge on any atom is 0.193 e. The predicted molar refractivity (Wildman–Crippen MR) is 103 cm³/mol. The summed E-state index contributed by atoms with van der Waals surface area (Å²) >= 11 is 0. The molecule has 0 saturated heterocycles. The molecule has 0 bridgehead atoms. The second-order valence-corrected chi connectivity index (χ2v) is 6.03. The zero-order valence-corrected chi connectivity index (χ0v) is 14.6. The molecule has 26 heavy (non-hydrogen) atoms. The van der Waals surface area contributed by atoms with Crippen LogP contribution in [0.3, 0.4) is 0 Å². The zero-order valence-electron chi connectivity index (χ0n) is 14.6. The number of hydrogen-bond donors (Lipinski definition) is 1. The Morgan fingerprint density at radius 1 is 0.962 bits per heavy atom. The quantitative estimate of drug-likeness (QED) is 0.495. The van der Waals surface area contributed by atoms with Gasteiger partial charge in [-0.15, -0.1) is 0 Å². The van der Waals surface area contributed by atoms with Gasteiger partial charge in [0.05, 0.1) is 0 Å². The van der Waals surface area contributed by atoms with Gasteiger partial charge >= 0.3 is 0 Å². The second kappa shape index (κ2) is 8.17. The molecule has 0 unspecified atom stereocenters. The van der Waals surface area contributed by atoms with Crippen LogP contribution in [0.15, 0.2) is 78.9 Å². The maximum atomic E-state index is 12.6. The highest BCUT2D eigenvalue weighted by Gasteiger charge is 2.15. The third kappa shape index (κ3) is 4.39. The van der Waals surface area contributed by atoms with Gasteiger partial charge in [0.25, 0.3) is 0 Å². The number of allylic oxidation sites excluding steroid dienone is 1. The van der Waals surface area contributed by atoms with Crippen LogP contribution >= 0.6 is 0 Å². The van der Waals surface area contributed by atoms with Gasteiger partial charge in [-0.25, -0.2) is 0 Å². The zero-order chi connectivity index (χ0) is 18.4. The Balaban J connectivity index is 1.79. The Morgan fingerprint density at radius 3 is 2.42 bits per heavy atom. The number of carbonyl (C=O) groups excluding carboxylic acids is 1. The number of phenolic OH excluding ortho intramolecular Hbond substituents is 1. The van der Waals surface area contributed by atoms with Gasteiger partial charge in [-0.1, -0.05) is 72.3 Å². The molecule has 0 atom stereocenters. The smallest absolute Gasteiger partial charge is 0.193 e. The van der Waals surface area contributed by atoms with Gasteiger partial charge in [-0.2, -0.15) is 0 Å². The number of benzene rings is 3. The predicted octanol–water partition coefficient (Wildman–Crippen LogP) is 5.18. The molecule has 1 N–H and O–H groups in total. The second-order valence-electron chi connectivity index (χ2n) is 6.03. The Morgan fingerprint density at radius 2 is 1.69 bits per heavy atom. The van der Waals surface area contributed by atoms with E-state index in [0.29, 0.717) is 12.4 Å². The lowest BCUT2D eigenvalue weighted by atomic mass is 10.1. The molecule has 3 aromatic rings. The lowest BCUT2D eigenvalue weighted by molar-refractivity contribution is 0.104. The standard InChI is InChI=1S/C23H20O3/c1-17-10-12-18(13-11-17)14-15-21(25)23-20(24)8-5-9-22(23)26-16-19-6-3-2-4-7-19/h2-15,24H,16H2,1H3/b15-14+. The van der Waals surface area contributed by atoms with Crippen molar-refractivity contribution in [2.24, 2.45) is 0 Å². The molecular weight excluding hydrogens is 324 g/mol. The average molecular weight is 344 g/mol. The Labute approximate surface area is 153 Å². The van der Waals surface area contributed by atoms with Crippen LogP contribution in [0.25, 0.3) is 6.08 Å². The third-order valence-corrected chi connectivity index (χ3v) is 3.99. The number of phenols is 1. The van der Waals surface area contributed by atoms with E-state index < -0.39 is 0 Å². The molecule has 3 aromatic carbocycles. The fraction of sp³-hybridized carbons (Fsp3) is 0.0870. The van der Waals surface area contributed by atoms with Crippen molar-refractivity contribution in [3.63, 3.8) is 0 Å². The average Bonchev–Trinajstić information content (AvgIpc) is 2.66. The maximum absolute atomic E-state index is 12.6. The minimum absolute atomic E-state index is 0.0888. The number of rotatable bonds is 6. The molecule has 0 heterocycles. The van der Waals surface area contributed by atoms with E-state index in [2.05, 4.69) is 0 Å². The molecule has 3 nitrogen and oxygen atoms in total. The first kappa shape index (κ1) is 17.5. The van der Waals surface area contributed by atoms with Crippen molar-refractivity contribution in [1.29, 1.82) is 0 Å². The Kier molecular flexibility index (Phi) is 5.49. The van der Waals surface area contributed by atoms with Crippen LogP contribution in [0.5, 0.6) is 11.5 Å². The lowest BCUT2D eigenvalue weighted by Crippen LogP contribution is -2.03. The first-order valence-electron chi connectivity index (χ1n) is 8.41. The molecule has 0 amide bonds. The first-order valence-corrected chi connectivity index (χ1v) is 8.41. The fourth-order valence-electron chi connectivity index (χ4n) is 2.56. The van der Waals surface area contributed by atoms with Gasteiger partial charge in [0.2, 0.25) is 0 Å². The molecule has 130 valence electrons. The van der Waals surface area contributed by atoms with Gasteiger partial charge < -0.3 is 9.84 Å². The molecule has 0 fully saturated rings. The van der Waals surface area contributed by atoms with E-state index in [1.807, 2.05) is 61.5 Å². The van der Waals surface area contributed by atoms with E-state index >= 15 is 0 Å². The van der Waals surface area contributed by atoms with Gasteiger partial charge in [0.1, 0.15) is 23.7 Å². The SMILES string of the molecule is Cc1ccc(/C=C/C(=O)c2c(O)cccc2OCc2ccccc2)cc1. The number of aromatic hydroxyl groups is 1. The van der Waals surface area contributed by atoms with Crippen LogP contribution in [0.4, 0.5) is 0 Å². The van der Waals surface area contributed by atoms with Crippen LogP contribution in [-0.2, 0) is 6.61 Å². The number of aryl methyl sites for hydroxylation is 1. The largest absolute Gasteiger partial charge is 0.507 e.